The Morgan fingerprint density at radius 1 is 1.13 bits per heavy atom. The number of amides is 1. The van der Waals surface area contributed by atoms with Gasteiger partial charge in [-0.1, -0.05) is 12.1 Å². The van der Waals surface area contributed by atoms with Gasteiger partial charge in [0.25, 0.3) is 12.3 Å². The van der Waals surface area contributed by atoms with Crippen LogP contribution in [0, 0.1) is 6.92 Å². The molecule has 0 aliphatic carbocycles. The van der Waals surface area contributed by atoms with Gasteiger partial charge in [-0.05, 0) is 42.8 Å². The minimum Gasteiger partial charge on any atom is -0.455 e. The van der Waals surface area contributed by atoms with Gasteiger partial charge in [0.15, 0.2) is 5.75 Å². The van der Waals surface area contributed by atoms with Gasteiger partial charge in [-0.3, -0.25) is 9.48 Å². The molecule has 0 saturated carbocycles. The van der Waals surface area contributed by atoms with Gasteiger partial charge in [0, 0.05) is 13.2 Å². The van der Waals surface area contributed by atoms with E-state index in [0.29, 0.717) is 0 Å². The van der Waals surface area contributed by atoms with Crippen molar-refractivity contribution in [1.82, 2.24) is 9.78 Å². The van der Waals surface area contributed by atoms with E-state index in [0.717, 1.165) is 16.8 Å². The minimum atomic E-state index is -4.48. The summed E-state index contributed by atoms with van der Waals surface area (Å²) in [5, 5.41) is 6.07. The molecule has 0 radical (unpaired) electrons. The Morgan fingerprint density at radius 3 is 2.47 bits per heavy atom. The Labute approximate surface area is 168 Å². The van der Waals surface area contributed by atoms with E-state index in [4.69, 9.17) is 4.74 Å². The molecule has 0 atom stereocenters. The second-order valence-electron chi connectivity index (χ2n) is 6.43. The van der Waals surface area contributed by atoms with E-state index in [1.807, 2.05) is 0 Å². The molecular weight excluding hydrogens is 409 g/mol. The third-order valence-electron chi connectivity index (χ3n) is 4.17. The van der Waals surface area contributed by atoms with E-state index < -0.39 is 29.8 Å². The summed E-state index contributed by atoms with van der Waals surface area (Å²) in [6.07, 6.45) is -6.25. The van der Waals surface area contributed by atoms with E-state index in [-0.39, 0.29) is 28.3 Å². The molecule has 30 heavy (non-hydrogen) atoms. The van der Waals surface area contributed by atoms with Crippen molar-refractivity contribution in [1.29, 1.82) is 0 Å². The molecule has 0 saturated heterocycles. The largest absolute Gasteiger partial charge is 0.455 e. The molecule has 1 heterocycles. The molecule has 158 valence electrons. The number of benzene rings is 2. The Kier molecular flexibility index (Phi) is 5.77. The molecule has 2 aromatic carbocycles. The van der Waals surface area contributed by atoms with Crippen LogP contribution in [-0.4, -0.2) is 15.7 Å². The van der Waals surface area contributed by atoms with Crippen LogP contribution in [0.2, 0.25) is 0 Å². The van der Waals surface area contributed by atoms with Crippen molar-refractivity contribution in [2.45, 2.75) is 19.5 Å². The molecule has 1 amide bonds. The number of carbonyl (C=O) groups is 1. The summed E-state index contributed by atoms with van der Waals surface area (Å²) in [6, 6.07) is 9.15. The van der Waals surface area contributed by atoms with Crippen LogP contribution >= 0.6 is 0 Å². The number of rotatable bonds is 5. The Morgan fingerprint density at radius 2 is 1.83 bits per heavy atom. The molecule has 1 aromatic heterocycles. The monoisotopic (exact) mass is 425 g/mol. The molecule has 10 heteroatoms. The molecule has 1 N–H and O–H groups in total. The third-order valence-corrected chi connectivity index (χ3v) is 4.17. The topological polar surface area (TPSA) is 56.1 Å². The van der Waals surface area contributed by atoms with Gasteiger partial charge < -0.3 is 10.1 Å². The number of nitrogens with zero attached hydrogens (tertiary/aromatic N) is 2. The molecule has 0 spiro atoms. The molecule has 0 aliphatic heterocycles. The number of aryl methyl sites for hydroxylation is 2. The lowest BCUT2D eigenvalue weighted by atomic mass is 10.1. The highest BCUT2D eigenvalue weighted by molar-refractivity contribution is 6.05. The van der Waals surface area contributed by atoms with Crippen LogP contribution in [0.4, 0.5) is 27.6 Å². The van der Waals surface area contributed by atoms with Gasteiger partial charge in [0.05, 0.1) is 16.8 Å². The van der Waals surface area contributed by atoms with Crippen LogP contribution in [0.3, 0.4) is 0 Å². The molecule has 0 unspecified atom stereocenters. The summed E-state index contributed by atoms with van der Waals surface area (Å²) in [5.41, 5.74) is -1.38. The van der Waals surface area contributed by atoms with Gasteiger partial charge in [-0.2, -0.15) is 18.3 Å². The lowest BCUT2D eigenvalue weighted by molar-refractivity contribution is -0.137. The number of alkyl halides is 5. The predicted octanol–water partition coefficient (Wildman–Crippen LogP) is 5.73. The molecule has 3 rings (SSSR count). The maximum Gasteiger partial charge on any atom is 0.416 e. The smallest absolute Gasteiger partial charge is 0.416 e. The normalized spacial score (nSPS) is 11.6. The number of para-hydroxylation sites is 2. The summed E-state index contributed by atoms with van der Waals surface area (Å²) in [7, 11) is 1.41. The number of hydrogen-bond donors (Lipinski definition) is 1. The molecule has 0 aliphatic rings. The number of ether oxygens (including phenoxy) is 1. The van der Waals surface area contributed by atoms with Crippen molar-refractivity contribution < 1.29 is 31.5 Å². The molecule has 3 aromatic rings. The van der Waals surface area contributed by atoms with Crippen molar-refractivity contribution in [2.24, 2.45) is 7.05 Å². The van der Waals surface area contributed by atoms with E-state index in [1.54, 1.807) is 12.1 Å². The van der Waals surface area contributed by atoms with Crippen molar-refractivity contribution in [3.05, 3.63) is 71.0 Å². The first-order valence-corrected chi connectivity index (χ1v) is 8.64. The molecule has 0 bridgehead atoms. The summed E-state index contributed by atoms with van der Waals surface area (Å²) >= 11 is 0. The second-order valence-corrected chi connectivity index (χ2v) is 6.43. The maximum absolute atomic E-state index is 13.1. The van der Waals surface area contributed by atoms with E-state index >= 15 is 0 Å². The summed E-state index contributed by atoms with van der Waals surface area (Å²) in [6.45, 7) is 1.45. The van der Waals surface area contributed by atoms with Gasteiger partial charge in [0.2, 0.25) is 0 Å². The fraction of sp³-hybridized carbons (Fsp3) is 0.200. The quantitative estimate of drug-likeness (QED) is 0.531. The van der Waals surface area contributed by atoms with Crippen LogP contribution in [0.25, 0.3) is 0 Å². The number of nitrogens with one attached hydrogen (secondary N) is 1. The molecule has 0 fully saturated rings. The first-order chi connectivity index (χ1) is 14.1. The summed E-state index contributed by atoms with van der Waals surface area (Å²) in [5.74, 6) is -0.533. The van der Waals surface area contributed by atoms with Crippen molar-refractivity contribution in [2.75, 3.05) is 5.32 Å². The van der Waals surface area contributed by atoms with Crippen molar-refractivity contribution in [3.63, 3.8) is 0 Å². The summed E-state index contributed by atoms with van der Waals surface area (Å²) < 4.78 is 71.5. The first kappa shape index (κ1) is 21.3. The average molecular weight is 425 g/mol. The van der Waals surface area contributed by atoms with Gasteiger partial charge in [0.1, 0.15) is 11.4 Å². The number of hydrogen-bond acceptors (Lipinski definition) is 3. The fourth-order valence-corrected chi connectivity index (χ4v) is 2.75. The second kappa shape index (κ2) is 8.13. The van der Waals surface area contributed by atoms with Crippen LogP contribution in [0.1, 0.15) is 33.6 Å². The lowest BCUT2D eigenvalue weighted by Gasteiger charge is -2.15. The number of aromatic nitrogens is 2. The van der Waals surface area contributed by atoms with Crippen LogP contribution in [-0.2, 0) is 13.2 Å². The van der Waals surface area contributed by atoms with E-state index in [1.165, 1.54) is 38.4 Å². The summed E-state index contributed by atoms with van der Waals surface area (Å²) in [4.78, 5) is 12.5. The zero-order valence-corrected chi connectivity index (χ0v) is 15.8. The van der Waals surface area contributed by atoms with Crippen LogP contribution < -0.4 is 10.1 Å². The van der Waals surface area contributed by atoms with Crippen LogP contribution in [0.5, 0.6) is 11.5 Å². The predicted molar refractivity (Wildman–Crippen MR) is 98.8 cm³/mol. The standard InChI is InChI=1S/C20H16F5N3O2/c1-11-9-12(20(23,24)25)7-8-15(11)30-16-6-4-3-5-14(16)26-19(29)13-10-28(2)27-17(13)18(21)22/h3-10,18H,1-2H3,(H,26,29). The van der Waals surface area contributed by atoms with Gasteiger partial charge >= 0.3 is 6.18 Å². The molecular formula is C20H16F5N3O2. The first-order valence-electron chi connectivity index (χ1n) is 8.64. The molecule has 5 nitrogen and oxygen atoms in total. The van der Waals surface area contributed by atoms with Crippen molar-refractivity contribution >= 4 is 11.6 Å². The number of halogens is 5. The maximum atomic E-state index is 13.1. The highest BCUT2D eigenvalue weighted by Crippen LogP contribution is 2.36. The third kappa shape index (κ3) is 4.58. The Hall–Kier alpha value is -3.43. The van der Waals surface area contributed by atoms with Gasteiger partial charge in [-0.15, -0.1) is 0 Å². The SMILES string of the molecule is Cc1cc(C(F)(F)F)ccc1Oc1ccccc1NC(=O)c1cn(C)nc1C(F)F. The van der Waals surface area contributed by atoms with Crippen molar-refractivity contribution in [3.8, 4) is 11.5 Å². The lowest BCUT2D eigenvalue weighted by Crippen LogP contribution is -2.14. The number of anilines is 1. The highest BCUT2D eigenvalue weighted by Gasteiger charge is 2.31. The van der Waals surface area contributed by atoms with Crippen LogP contribution in [0.15, 0.2) is 48.7 Å². The van der Waals surface area contributed by atoms with E-state index in [9.17, 15) is 26.7 Å². The van der Waals surface area contributed by atoms with E-state index in [2.05, 4.69) is 10.4 Å². The Bertz CT molecular complexity index is 1080. The minimum absolute atomic E-state index is 0.135. The van der Waals surface area contributed by atoms with Gasteiger partial charge in [-0.25, -0.2) is 8.78 Å². The fourth-order valence-electron chi connectivity index (χ4n) is 2.75. The Balaban J connectivity index is 1.86. The zero-order valence-electron chi connectivity index (χ0n) is 15.8. The number of carbonyl (C=O) groups excluding carboxylic acids is 1. The zero-order chi connectivity index (χ0) is 22.1. The highest BCUT2D eigenvalue weighted by atomic mass is 19.4. The average Bonchev–Trinajstić information content (AvgIpc) is 3.06.